The Balaban J connectivity index is 1.47. The van der Waals surface area contributed by atoms with Gasteiger partial charge in [0.1, 0.15) is 23.4 Å². The Morgan fingerprint density at radius 2 is 1.95 bits per heavy atom. The largest absolute Gasteiger partial charge is 0.443 e. The van der Waals surface area contributed by atoms with Gasteiger partial charge in [-0.15, -0.1) is 0 Å². The Hall–Kier alpha value is -4.89. The van der Waals surface area contributed by atoms with Crippen molar-refractivity contribution in [2.24, 2.45) is 0 Å². The molecule has 218 valence electrons. The molecule has 6 rings (SSSR count). The van der Waals surface area contributed by atoms with Gasteiger partial charge < -0.3 is 9.73 Å². The van der Waals surface area contributed by atoms with Crippen molar-refractivity contribution in [1.29, 1.82) is 5.26 Å². The van der Waals surface area contributed by atoms with Crippen molar-refractivity contribution in [3.8, 4) is 6.07 Å². The predicted octanol–water partition coefficient (Wildman–Crippen LogP) is 4.93. The number of carbonyl (C=O) groups is 3. The fourth-order valence-corrected chi connectivity index (χ4v) is 5.76. The average molecular weight is 605 g/mol. The molecule has 2 fully saturated rings. The van der Waals surface area contributed by atoms with Gasteiger partial charge in [0.05, 0.1) is 11.6 Å². The number of hydrogen-bond acceptors (Lipinski definition) is 7. The molecule has 2 atom stereocenters. The molecule has 2 aromatic carbocycles. The minimum atomic E-state index is -2.89. The summed E-state index contributed by atoms with van der Waals surface area (Å²) in [6.07, 6.45) is 1.67. The molecule has 0 bridgehead atoms. The summed E-state index contributed by atoms with van der Waals surface area (Å²) >= 11 is 6.58. The Morgan fingerprint density at radius 1 is 1.16 bits per heavy atom. The van der Waals surface area contributed by atoms with Crippen molar-refractivity contribution in [2.75, 3.05) is 9.80 Å². The normalized spacial score (nSPS) is 18.6. The van der Waals surface area contributed by atoms with Gasteiger partial charge in [-0.25, -0.2) is 18.7 Å². The van der Waals surface area contributed by atoms with Crippen LogP contribution >= 0.6 is 11.6 Å². The first-order valence-corrected chi connectivity index (χ1v) is 13.8. The Morgan fingerprint density at radius 3 is 2.70 bits per heavy atom. The maximum atomic E-state index is 14.7. The monoisotopic (exact) mass is 604 g/mol. The van der Waals surface area contributed by atoms with E-state index in [1.165, 1.54) is 34.5 Å². The lowest BCUT2D eigenvalue weighted by atomic mass is 9.87. The van der Waals surface area contributed by atoms with Crippen LogP contribution in [0.5, 0.6) is 0 Å². The van der Waals surface area contributed by atoms with Crippen LogP contribution in [0, 0.1) is 11.3 Å². The van der Waals surface area contributed by atoms with Gasteiger partial charge in [0.15, 0.2) is 12.0 Å². The predicted molar refractivity (Wildman–Crippen MR) is 151 cm³/mol. The van der Waals surface area contributed by atoms with Crippen molar-refractivity contribution in [3.05, 3.63) is 83.3 Å². The number of alkyl halides is 2. The maximum Gasteiger partial charge on any atom is 0.252 e. The van der Waals surface area contributed by atoms with E-state index in [0.29, 0.717) is 11.1 Å². The highest BCUT2D eigenvalue weighted by molar-refractivity contribution is 6.31. The fraction of sp³-hybridized carbons (Fsp3) is 0.267. The van der Waals surface area contributed by atoms with E-state index in [1.54, 1.807) is 42.5 Å². The molecule has 3 heterocycles. The van der Waals surface area contributed by atoms with E-state index in [4.69, 9.17) is 16.0 Å². The number of nitriles is 1. The number of fused-ring (bicyclic) bond motifs is 1. The highest BCUT2D eigenvalue weighted by Gasteiger charge is 2.48. The number of rotatable bonds is 7. The summed E-state index contributed by atoms with van der Waals surface area (Å²) in [5.74, 6) is -4.52. The summed E-state index contributed by atoms with van der Waals surface area (Å²) in [6.45, 7) is 0. The fourth-order valence-electron chi connectivity index (χ4n) is 5.52. The third kappa shape index (κ3) is 5.39. The number of halogens is 3. The van der Waals surface area contributed by atoms with E-state index in [0.717, 1.165) is 0 Å². The maximum absolute atomic E-state index is 14.7. The first-order chi connectivity index (χ1) is 20.6. The number of amides is 3. The molecule has 0 radical (unpaired) electrons. The third-order valence-electron chi connectivity index (χ3n) is 7.59. The molecule has 2 aliphatic rings. The zero-order valence-corrected chi connectivity index (χ0v) is 23.2. The summed E-state index contributed by atoms with van der Waals surface area (Å²) in [5.41, 5.74) is 1.57. The number of oxazole rings is 1. The molecule has 1 saturated carbocycles. The Kier molecular flexibility index (Phi) is 7.27. The van der Waals surface area contributed by atoms with Crippen molar-refractivity contribution in [2.45, 2.75) is 49.7 Å². The summed E-state index contributed by atoms with van der Waals surface area (Å²) < 4.78 is 32.7. The Bertz CT molecular complexity index is 1780. The van der Waals surface area contributed by atoms with Crippen LogP contribution in [-0.4, -0.2) is 45.7 Å². The standard InChI is InChI=1S/C30H23ClF2N6O4/c31-21-4-2-1-3-20(21)27(28(41)37-18-13-30(32,33)14-18)38(19-5-7-24-22(12-19)36-16-43-24)29(42)23-6-8-26(40)39(23)25-11-17(15-34)9-10-35-25/h1-5,7,9-12,16,18,23,27H,6,8,13-14H2,(H,37,41). The highest BCUT2D eigenvalue weighted by atomic mass is 35.5. The molecule has 43 heavy (non-hydrogen) atoms. The number of hydrogen-bond donors (Lipinski definition) is 1. The number of pyridine rings is 1. The number of nitrogens with zero attached hydrogens (tertiary/aromatic N) is 5. The van der Waals surface area contributed by atoms with Gasteiger partial charge in [-0.1, -0.05) is 29.8 Å². The van der Waals surface area contributed by atoms with Gasteiger partial charge in [0.2, 0.25) is 11.8 Å². The van der Waals surface area contributed by atoms with Crippen LogP contribution in [0.2, 0.25) is 5.02 Å². The van der Waals surface area contributed by atoms with Crippen LogP contribution in [0.1, 0.15) is 42.9 Å². The average Bonchev–Trinajstić information content (AvgIpc) is 3.61. The molecule has 1 N–H and O–H groups in total. The Labute approximate surface area is 248 Å². The van der Waals surface area contributed by atoms with Crippen LogP contribution in [0.4, 0.5) is 20.3 Å². The minimum absolute atomic E-state index is 0.0190. The van der Waals surface area contributed by atoms with Crippen LogP contribution in [0.15, 0.2) is 71.6 Å². The van der Waals surface area contributed by atoms with Gasteiger partial charge in [-0.2, -0.15) is 5.26 Å². The van der Waals surface area contributed by atoms with Crippen molar-refractivity contribution in [3.63, 3.8) is 0 Å². The van der Waals surface area contributed by atoms with Crippen molar-refractivity contribution < 1.29 is 27.6 Å². The van der Waals surface area contributed by atoms with E-state index in [2.05, 4.69) is 15.3 Å². The second-order valence-corrected chi connectivity index (χ2v) is 10.8. The number of anilines is 2. The van der Waals surface area contributed by atoms with Gasteiger partial charge in [0.25, 0.3) is 11.8 Å². The molecule has 2 unspecified atom stereocenters. The van der Waals surface area contributed by atoms with Crippen molar-refractivity contribution >= 4 is 51.9 Å². The van der Waals surface area contributed by atoms with Crippen LogP contribution < -0.4 is 15.1 Å². The smallest absolute Gasteiger partial charge is 0.252 e. The summed E-state index contributed by atoms with van der Waals surface area (Å²) in [7, 11) is 0. The zero-order valence-electron chi connectivity index (χ0n) is 22.4. The third-order valence-corrected chi connectivity index (χ3v) is 7.94. The molecule has 4 aromatic rings. The summed E-state index contributed by atoms with van der Waals surface area (Å²) in [5, 5.41) is 12.2. The summed E-state index contributed by atoms with van der Waals surface area (Å²) in [4.78, 5) is 52.6. The number of benzene rings is 2. The molecule has 10 nitrogen and oxygen atoms in total. The molecule has 1 saturated heterocycles. The van der Waals surface area contributed by atoms with E-state index < -0.39 is 48.7 Å². The first-order valence-electron chi connectivity index (χ1n) is 13.4. The van der Waals surface area contributed by atoms with Crippen LogP contribution in [0.25, 0.3) is 11.1 Å². The SMILES string of the molecule is N#Cc1ccnc(N2C(=O)CCC2C(=O)N(c2ccc3ocnc3c2)C(C(=O)NC2CC(F)(F)C2)c2ccccc2Cl)c1. The highest BCUT2D eigenvalue weighted by Crippen LogP contribution is 2.40. The number of carbonyl (C=O) groups excluding carboxylic acids is 3. The molecule has 0 spiro atoms. The molecule has 2 aromatic heterocycles. The van der Waals surface area contributed by atoms with E-state index in [-0.39, 0.29) is 46.4 Å². The number of aromatic nitrogens is 2. The van der Waals surface area contributed by atoms with Gasteiger partial charge in [-0.05, 0) is 42.8 Å². The van der Waals surface area contributed by atoms with E-state index >= 15 is 0 Å². The second kappa shape index (κ2) is 11.1. The molecule has 1 aliphatic heterocycles. The lowest BCUT2D eigenvalue weighted by Gasteiger charge is -2.39. The number of nitrogens with one attached hydrogen (secondary N) is 1. The quantitative estimate of drug-likeness (QED) is 0.316. The van der Waals surface area contributed by atoms with Crippen LogP contribution in [0.3, 0.4) is 0 Å². The minimum Gasteiger partial charge on any atom is -0.443 e. The van der Waals surface area contributed by atoms with Crippen molar-refractivity contribution in [1.82, 2.24) is 15.3 Å². The zero-order chi connectivity index (χ0) is 30.3. The molecule has 3 amide bonds. The van der Waals surface area contributed by atoms with E-state index in [1.807, 2.05) is 6.07 Å². The first kappa shape index (κ1) is 28.2. The lowest BCUT2D eigenvalue weighted by molar-refractivity contribution is -0.133. The molecular formula is C30H23ClF2N6O4. The summed E-state index contributed by atoms with van der Waals surface area (Å²) in [6, 6.07) is 12.7. The molecule has 13 heteroatoms. The lowest BCUT2D eigenvalue weighted by Crippen LogP contribution is -2.56. The molecular weight excluding hydrogens is 582 g/mol. The van der Waals surface area contributed by atoms with Gasteiger partial charge >= 0.3 is 0 Å². The topological polar surface area (TPSA) is 132 Å². The van der Waals surface area contributed by atoms with Gasteiger partial charge in [-0.3, -0.25) is 24.2 Å². The van der Waals surface area contributed by atoms with E-state index in [9.17, 15) is 28.4 Å². The van der Waals surface area contributed by atoms with Gasteiger partial charge in [0, 0.05) is 47.8 Å². The molecule has 1 aliphatic carbocycles. The second-order valence-electron chi connectivity index (χ2n) is 10.4. The van der Waals surface area contributed by atoms with Crippen LogP contribution in [-0.2, 0) is 14.4 Å².